The summed E-state index contributed by atoms with van der Waals surface area (Å²) in [6.45, 7) is 0.145. The molecule has 0 atom stereocenters. The Morgan fingerprint density at radius 1 is 1.56 bits per heavy atom. The third-order valence-electron chi connectivity index (χ3n) is 1.90. The second-order valence-corrected chi connectivity index (χ2v) is 5.71. The molecule has 0 saturated carbocycles. The zero-order valence-corrected chi connectivity index (χ0v) is 9.83. The molecule has 0 bridgehead atoms. The summed E-state index contributed by atoms with van der Waals surface area (Å²) < 4.78 is 35.2. The highest BCUT2D eigenvalue weighted by molar-refractivity contribution is 7.90. The van der Waals surface area contributed by atoms with E-state index in [1.165, 1.54) is 11.9 Å². The maximum atomic E-state index is 13.3. The van der Waals surface area contributed by atoms with Crippen LogP contribution < -0.4 is 10.6 Å². The van der Waals surface area contributed by atoms with Crippen LogP contribution in [0.3, 0.4) is 0 Å². The number of sulfone groups is 1. The first kappa shape index (κ1) is 12.6. The van der Waals surface area contributed by atoms with Crippen molar-refractivity contribution < 1.29 is 12.8 Å². The van der Waals surface area contributed by atoms with Crippen LogP contribution in [-0.4, -0.2) is 44.0 Å². The molecule has 0 radical (unpaired) electrons. The number of nitrogens with two attached hydrogens (primary N) is 1. The zero-order chi connectivity index (χ0) is 12.3. The van der Waals surface area contributed by atoms with Gasteiger partial charge in [0, 0.05) is 19.8 Å². The van der Waals surface area contributed by atoms with Crippen LogP contribution in [0.2, 0.25) is 0 Å². The first-order valence-electron chi connectivity index (χ1n) is 4.46. The molecule has 0 unspecified atom stereocenters. The molecule has 1 aromatic rings. The van der Waals surface area contributed by atoms with Gasteiger partial charge in [-0.15, -0.1) is 0 Å². The van der Waals surface area contributed by atoms with Crippen molar-refractivity contribution in [1.82, 2.24) is 9.97 Å². The van der Waals surface area contributed by atoms with Crippen molar-refractivity contribution >= 4 is 21.6 Å². The standard InChI is InChI=1S/C8H13FN4O2S/c1-13(3-4-16(2,14)15)7-6(9)5-11-8(10)12-7/h5H,3-4H2,1-2H3,(H2,10,11,12). The molecule has 90 valence electrons. The fraction of sp³-hybridized carbons (Fsp3) is 0.500. The molecule has 1 heterocycles. The van der Waals surface area contributed by atoms with Gasteiger partial charge in [-0.25, -0.2) is 17.8 Å². The summed E-state index contributed by atoms with van der Waals surface area (Å²) in [5.74, 6) is -0.767. The Labute approximate surface area is 93.2 Å². The Kier molecular flexibility index (Phi) is 3.63. The quantitative estimate of drug-likeness (QED) is 0.785. The summed E-state index contributed by atoms with van der Waals surface area (Å²) in [5.41, 5.74) is 5.31. The lowest BCUT2D eigenvalue weighted by Crippen LogP contribution is -2.26. The van der Waals surface area contributed by atoms with E-state index < -0.39 is 15.7 Å². The van der Waals surface area contributed by atoms with Gasteiger partial charge in [-0.05, 0) is 0 Å². The van der Waals surface area contributed by atoms with E-state index in [-0.39, 0.29) is 24.1 Å². The van der Waals surface area contributed by atoms with Crippen LogP contribution in [0.4, 0.5) is 16.2 Å². The molecule has 6 nitrogen and oxygen atoms in total. The summed E-state index contributed by atoms with van der Waals surface area (Å²) >= 11 is 0. The predicted molar refractivity (Wildman–Crippen MR) is 59.4 cm³/mol. The Balaban J connectivity index is 2.80. The van der Waals surface area contributed by atoms with Crippen LogP contribution in [0.5, 0.6) is 0 Å². The molecule has 0 saturated heterocycles. The van der Waals surface area contributed by atoms with Gasteiger partial charge < -0.3 is 10.6 Å². The van der Waals surface area contributed by atoms with Crippen molar-refractivity contribution in [3.63, 3.8) is 0 Å². The minimum Gasteiger partial charge on any atom is -0.368 e. The Morgan fingerprint density at radius 2 is 2.19 bits per heavy atom. The van der Waals surface area contributed by atoms with Crippen molar-refractivity contribution in [2.75, 3.05) is 36.2 Å². The Hall–Kier alpha value is -1.44. The SMILES string of the molecule is CN(CCS(C)(=O)=O)c1nc(N)ncc1F. The van der Waals surface area contributed by atoms with Gasteiger partial charge in [0.2, 0.25) is 5.95 Å². The van der Waals surface area contributed by atoms with Gasteiger partial charge in [0.1, 0.15) is 9.84 Å². The number of hydrogen-bond acceptors (Lipinski definition) is 6. The first-order chi connectivity index (χ1) is 7.29. The van der Waals surface area contributed by atoms with E-state index in [1.807, 2.05) is 0 Å². The highest BCUT2D eigenvalue weighted by Crippen LogP contribution is 2.14. The van der Waals surface area contributed by atoms with Crippen LogP contribution in [0.15, 0.2) is 6.20 Å². The van der Waals surface area contributed by atoms with E-state index in [9.17, 15) is 12.8 Å². The summed E-state index contributed by atoms with van der Waals surface area (Å²) in [4.78, 5) is 8.56. The van der Waals surface area contributed by atoms with Crippen molar-refractivity contribution in [1.29, 1.82) is 0 Å². The van der Waals surface area contributed by atoms with Gasteiger partial charge in [-0.1, -0.05) is 0 Å². The van der Waals surface area contributed by atoms with Crippen LogP contribution in [0.25, 0.3) is 0 Å². The maximum Gasteiger partial charge on any atom is 0.222 e. The largest absolute Gasteiger partial charge is 0.368 e. The lowest BCUT2D eigenvalue weighted by Gasteiger charge is -2.17. The smallest absolute Gasteiger partial charge is 0.222 e. The average Bonchev–Trinajstić information content (AvgIpc) is 2.17. The average molecular weight is 248 g/mol. The summed E-state index contributed by atoms with van der Waals surface area (Å²) in [6, 6.07) is 0. The maximum absolute atomic E-state index is 13.3. The third-order valence-corrected chi connectivity index (χ3v) is 2.83. The number of aromatic nitrogens is 2. The van der Waals surface area contributed by atoms with E-state index >= 15 is 0 Å². The molecule has 0 aliphatic heterocycles. The van der Waals surface area contributed by atoms with Crippen molar-refractivity contribution in [2.24, 2.45) is 0 Å². The molecule has 8 heteroatoms. The van der Waals surface area contributed by atoms with Gasteiger partial charge in [-0.2, -0.15) is 4.98 Å². The van der Waals surface area contributed by atoms with E-state index in [2.05, 4.69) is 9.97 Å². The minimum atomic E-state index is -3.09. The van der Waals surface area contributed by atoms with E-state index in [4.69, 9.17) is 5.73 Å². The van der Waals surface area contributed by atoms with Crippen molar-refractivity contribution in [2.45, 2.75) is 0 Å². The van der Waals surface area contributed by atoms with Gasteiger partial charge in [0.25, 0.3) is 0 Å². The highest BCUT2D eigenvalue weighted by Gasteiger charge is 2.12. The van der Waals surface area contributed by atoms with Gasteiger partial charge in [0.15, 0.2) is 11.6 Å². The number of nitrogen functional groups attached to an aromatic ring is 1. The summed E-state index contributed by atoms with van der Waals surface area (Å²) in [5, 5.41) is 0. The van der Waals surface area contributed by atoms with Crippen molar-refractivity contribution in [3.8, 4) is 0 Å². The minimum absolute atomic E-state index is 0.00356. The van der Waals surface area contributed by atoms with Crippen LogP contribution >= 0.6 is 0 Å². The second kappa shape index (κ2) is 4.60. The number of rotatable bonds is 4. The van der Waals surface area contributed by atoms with Gasteiger partial charge in [0.05, 0.1) is 11.9 Å². The summed E-state index contributed by atoms with van der Waals surface area (Å²) in [6.07, 6.45) is 2.07. The zero-order valence-electron chi connectivity index (χ0n) is 9.01. The third kappa shape index (κ3) is 3.61. The molecule has 0 aromatic carbocycles. The summed E-state index contributed by atoms with van der Waals surface area (Å²) in [7, 11) is -1.55. The number of hydrogen-bond donors (Lipinski definition) is 1. The fourth-order valence-electron chi connectivity index (χ4n) is 1.05. The Bertz CT molecular complexity index is 477. The first-order valence-corrected chi connectivity index (χ1v) is 6.52. The van der Waals surface area contributed by atoms with E-state index in [0.29, 0.717) is 0 Å². The molecule has 0 fully saturated rings. The topological polar surface area (TPSA) is 89.2 Å². The molecule has 1 rings (SSSR count). The van der Waals surface area contributed by atoms with Gasteiger partial charge in [-0.3, -0.25) is 0 Å². The number of halogens is 1. The number of anilines is 2. The van der Waals surface area contributed by atoms with Crippen LogP contribution in [0, 0.1) is 5.82 Å². The molecule has 0 spiro atoms. The fourth-order valence-corrected chi connectivity index (χ4v) is 1.65. The predicted octanol–water partition coefficient (Wildman–Crippen LogP) is -0.321. The molecule has 0 amide bonds. The molecular formula is C8H13FN4O2S. The van der Waals surface area contributed by atoms with Crippen LogP contribution in [-0.2, 0) is 9.84 Å². The Morgan fingerprint density at radius 3 is 2.75 bits per heavy atom. The van der Waals surface area contributed by atoms with Gasteiger partial charge >= 0.3 is 0 Å². The molecule has 0 aliphatic carbocycles. The highest BCUT2D eigenvalue weighted by atomic mass is 32.2. The molecule has 16 heavy (non-hydrogen) atoms. The van der Waals surface area contributed by atoms with E-state index in [0.717, 1.165) is 12.5 Å². The monoisotopic (exact) mass is 248 g/mol. The lowest BCUT2D eigenvalue weighted by molar-refractivity contribution is 0.597. The molecule has 1 aromatic heterocycles. The van der Waals surface area contributed by atoms with E-state index in [1.54, 1.807) is 0 Å². The molecular weight excluding hydrogens is 235 g/mol. The lowest BCUT2D eigenvalue weighted by atomic mass is 10.5. The molecule has 2 N–H and O–H groups in total. The van der Waals surface area contributed by atoms with Crippen LogP contribution in [0.1, 0.15) is 0 Å². The molecule has 0 aliphatic rings. The normalized spacial score (nSPS) is 11.4. The van der Waals surface area contributed by atoms with Crippen molar-refractivity contribution in [3.05, 3.63) is 12.0 Å². The number of nitrogens with zero attached hydrogens (tertiary/aromatic N) is 3. The second-order valence-electron chi connectivity index (χ2n) is 3.45.